The Kier molecular flexibility index (Phi) is 7.14. The predicted molar refractivity (Wildman–Crippen MR) is 149 cm³/mol. The number of hydrogen-bond acceptors (Lipinski definition) is 5. The number of anilines is 2. The number of benzene rings is 4. The van der Waals surface area contributed by atoms with Crippen LogP contribution >= 0.6 is 11.3 Å². The molecule has 0 fully saturated rings. The Balaban J connectivity index is 1.29. The molecule has 6 nitrogen and oxygen atoms in total. The van der Waals surface area contributed by atoms with Gasteiger partial charge in [0.25, 0.3) is 11.8 Å². The van der Waals surface area contributed by atoms with Gasteiger partial charge in [0.2, 0.25) is 0 Å². The summed E-state index contributed by atoms with van der Waals surface area (Å²) in [5.74, 6) is 0.127. The van der Waals surface area contributed by atoms with E-state index in [-0.39, 0.29) is 11.8 Å². The van der Waals surface area contributed by atoms with Crippen LogP contribution < -0.4 is 21.1 Å². The van der Waals surface area contributed by atoms with E-state index in [1.807, 2.05) is 72.8 Å². The fourth-order valence-electron chi connectivity index (χ4n) is 3.95. The topological polar surface area (TPSA) is 93.5 Å². The number of amides is 2. The van der Waals surface area contributed by atoms with Crippen LogP contribution in [0.3, 0.4) is 0 Å². The van der Waals surface area contributed by atoms with Gasteiger partial charge in [0.1, 0.15) is 11.5 Å². The molecule has 0 aliphatic carbocycles. The predicted octanol–water partition coefficient (Wildman–Crippen LogP) is 6.24. The van der Waals surface area contributed by atoms with E-state index in [9.17, 15) is 9.59 Å². The number of nitrogens with one attached hydrogen (secondary N) is 2. The largest absolute Gasteiger partial charge is 0.487 e. The van der Waals surface area contributed by atoms with E-state index in [1.54, 1.807) is 30.3 Å². The summed E-state index contributed by atoms with van der Waals surface area (Å²) in [7, 11) is 0. The summed E-state index contributed by atoms with van der Waals surface area (Å²) in [6.07, 6.45) is 0. The lowest BCUT2D eigenvalue weighted by Crippen LogP contribution is -2.22. The molecule has 0 aliphatic rings. The number of rotatable bonds is 8. The van der Waals surface area contributed by atoms with Crippen molar-refractivity contribution in [1.82, 2.24) is 5.32 Å². The summed E-state index contributed by atoms with van der Waals surface area (Å²) in [6, 6.07) is 31.9. The van der Waals surface area contributed by atoms with Gasteiger partial charge in [-0.15, -0.1) is 11.3 Å². The number of carbonyl (C=O) groups excluding carboxylic acids is 2. The number of nitrogen functional groups attached to an aromatic ring is 1. The van der Waals surface area contributed by atoms with Gasteiger partial charge >= 0.3 is 0 Å². The van der Waals surface area contributed by atoms with Crippen LogP contribution in [0.5, 0.6) is 5.75 Å². The first-order valence-corrected chi connectivity index (χ1v) is 12.6. The van der Waals surface area contributed by atoms with Crippen LogP contribution in [0.15, 0.2) is 103 Å². The van der Waals surface area contributed by atoms with Crippen LogP contribution in [-0.2, 0) is 13.2 Å². The van der Waals surface area contributed by atoms with Gasteiger partial charge in [0, 0.05) is 33.6 Å². The number of hydrogen-bond donors (Lipinski definition) is 3. The third kappa shape index (κ3) is 5.79. The van der Waals surface area contributed by atoms with Crippen LogP contribution in [0.4, 0.5) is 11.4 Å². The van der Waals surface area contributed by atoms with Gasteiger partial charge in [-0.05, 0) is 53.6 Å². The Morgan fingerprint density at radius 3 is 2.38 bits per heavy atom. The number of nitrogens with two attached hydrogens (primary N) is 1. The molecule has 4 aromatic carbocycles. The van der Waals surface area contributed by atoms with Crippen molar-refractivity contribution in [3.8, 4) is 5.75 Å². The number of ether oxygens (including phenoxy) is 1. The monoisotopic (exact) mass is 507 g/mol. The SMILES string of the molecule is Nc1cccc(C(=O)Nc2cccc(CNC(=O)c3sc4ccccc4c3OCc3ccccc3)c2)c1. The Bertz CT molecular complexity index is 1560. The first kappa shape index (κ1) is 24.1. The molecule has 1 heterocycles. The van der Waals surface area contributed by atoms with Gasteiger partial charge in [-0.1, -0.05) is 60.7 Å². The summed E-state index contributed by atoms with van der Waals surface area (Å²) in [5, 5.41) is 6.79. The lowest BCUT2D eigenvalue weighted by atomic mass is 10.1. The van der Waals surface area contributed by atoms with Gasteiger partial charge in [0.05, 0.1) is 0 Å². The molecule has 2 amide bonds. The zero-order valence-electron chi connectivity index (χ0n) is 19.9. The first-order chi connectivity index (χ1) is 18.1. The molecule has 7 heteroatoms. The fraction of sp³-hybridized carbons (Fsp3) is 0.0667. The number of thiophene rings is 1. The van der Waals surface area contributed by atoms with E-state index in [4.69, 9.17) is 10.5 Å². The van der Waals surface area contributed by atoms with Gasteiger partial charge in [-0.2, -0.15) is 0 Å². The summed E-state index contributed by atoms with van der Waals surface area (Å²) in [6.45, 7) is 0.670. The van der Waals surface area contributed by atoms with E-state index < -0.39 is 0 Å². The fourth-order valence-corrected chi connectivity index (χ4v) is 5.01. The molecule has 4 N–H and O–H groups in total. The first-order valence-electron chi connectivity index (χ1n) is 11.8. The minimum atomic E-state index is -0.251. The minimum Gasteiger partial charge on any atom is -0.487 e. The van der Waals surface area contributed by atoms with E-state index >= 15 is 0 Å². The molecule has 1 aromatic heterocycles. The molecule has 0 saturated carbocycles. The Hall–Kier alpha value is -4.62. The molecule has 184 valence electrons. The Morgan fingerprint density at radius 1 is 0.784 bits per heavy atom. The second-order valence-electron chi connectivity index (χ2n) is 8.49. The minimum absolute atomic E-state index is 0.210. The molecule has 0 atom stereocenters. The van der Waals surface area contributed by atoms with Gasteiger partial charge < -0.3 is 21.1 Å². The summed E-state index contributed by atoms with van der Waals surface area (Å²) < 4.78 is 7.14. The maximum Gasteiger partial charge on any atom is 0.265 e. The van der Waals surface area contributed by atoms with Crippen molar-refractivity contribution in [2.45, 2.75) is 13.2 Å². The highest BCUT2D eigenvalue weighted by atomic mass is 32.1. The normalized spacial score (nSPS) is 10.7. The van der Waals surface area contributed by atoms with Crippen molar-refractivity contribution in [3.63, 3.8) is 0 Å². The van der Waals surface area contributed by atoms with E-state index in [0.29, 0.717) is 40.7 Å². The van der Waals surface area contributed by atoms with Crippen LogP contribution in [0.25, 0.3) is 10.1 Å². The van der Waals surface area contributed by atoms with Crippen LogP contribution in [0.2, 0.25) is 0 Å². The van der Waals surface area contributed by atoms with Crippen molar-refractivity contribution in [2.75, 3.05) is 11.1 Å². The van der Waals surface area contributed by atoms with Crippen LogP contribution in [-0.4, -0.2) is 11.8 Å². The van der Waals surface area contributed by atoms with E-state index in [1.165, 1.54) is 11.3 Å². The Morgan fingerprint density at radius 2 is 1.54 bits per heavy atom. The lowest BCUT2D eigenvalue weighted by Gasteiger charge is -2.10. The third-order valence-corrected chi connectivity index (χ3v) is 6.92. The number of carbonyl (C=O) groups is 2. The molecule has 0 saturated heterocycles. The highest BCUT2D eigenvalue weighted by Crippen LogP contribution is 2.38. The lowest BCUT2D eigenvalue weighted by molar-refractivity contribution is 0.0950. The Labute approximate surface area is 218 Å². The molecule has 0 bridgehead atoms. The van der Waals surface area contributed by atoms with Gasteiger partial charge in [0.15, 0.2) is 5.75 Å². The maximum absolute atomic E-state index is 13.2. The van der Waals surface area contributed by atoms with Crippen molar-refractivity contribution in [3.05, 3.63) is 125 Å². The highest BCUT2D eigenvalue weighted by molar-refractivity contribution is 7.21. The summed E-state index contributed by atoms with van der Waals surface area (Å²) in [4.78, 5) is 26.3. The zero-order valence-corrected chi connectivity index (χ0v) is 20.8. The van der Waals surface area contributed by atoms with Gasteiger partial charge in [-0.3, -0.25) is 9.59 Å². The molecule has 0 radical (unpaired) electrons. The molecular formula is C30H25N3O3S. The third-order valence-electron chi connectivity index (χ3n) is 5.77. The van der Waals surface area contributed by atoms with Crippen molar-refractivity contribution in [2.24, 2.45) is 0 Å². The zero-order chi connectivity index (χ0) is 25.6. The summed E-state index contributed by atoms with van der Waals surface area (Å²) in [5.41, 5.74) is 9.30. The second kappa shape index (κ2) is 11.0. The maximum atomic E-state index is 13.2. The molecule has 0 aliphatic heterocycles. The molecular weight excluding hydrogens is 482 g/mol. The van der Waals surface area contributed by atoms with Crippen molar-refractivity contribution >= 4 is 44.6 Å². The van der Waals surface area contributed by atoms with Crippen molar-refractivity contribution < 1.29 is 14.3 Å². The van der Waals surface area contributed by atoms with Crippen LogP contribution in [0.1, 0.15) is 31.2 Å². The quantitative estimate of drug-likeness (QED) is 0.217. The molecule has 0 spiro atoms. The van der Waals surface area contributed by atoms with Gasteiger partial charge in [-0.25, -0.2) is 0 Å². The average Bonchev–Trinajstić information content (AvgIpc) is 3.30. The summed E-state index contributed by atoms with van der Waals surface area (Å²) >= 11 is 1.41. The average molecular weight is 508 g/mol. The standard InChI is InChI=1S/C30H25N3O3S/c31-23-12-7-11-22(17-23)29(34)33-24-13-6-10-21(16-24)18-32-30(35)28-27(25-14-4-5-15-26(25)37-28)36-19-20-8-2-1-3-9-20/h1-17H,18-19,31H2,(H,32,35)(H,33,34). The molecule has 0 unspecified atom stereocenters. The molecule has 5 rings (SSSR count). The molecule has 5 aromatic rings. The smallest absolute Gasteiger partial charge is 0.265 e. The second-order valence-corrected chi connectivity index (χ2v) is 9.55. The number of fused-ring (bicyclic) bond motifs is 1. The highest BCUT2D eigenvalue weighted by Gasteiger charge is 2.20. The van der Waals surface area contributed by atoms with E-state index in [0.717, 1.165) is 21.2 Å². The van der Waals surface area contributed by atoms with Crippen LogP contribution in [0, 0.1) is 0 Å². The molecule has 37 heavy (non-hydrogen) atoms. The van der Waals surface area contributed by atoms with Crippen molar-refractivity contribution in [1.29, 1.82) is 0 Å². The van der Waals surface area contributed by atoms with E-state index in [2.05, 4.69) is 10.6 Å².